The van der Waals surface area contributed by atoms with E-state index >= 15 is 0 Å². The first kappa shape index (κ1) is 42.1. The van der Waals surface area contributed by atoms with Crippen LogP contribution in [0.1, 0.15) is 17.8 Å². The molecule has 1 saturated heterocycles. The number of anilines is 1. The van der Waals surface area contributed by atoms with Gasteiger partial charge in [-0.25, -0.2) is 25.3 Å². The van der Waals surface area contributed by atoms with E-state index in [1.165, 1.54) is 36.4 Å². The molecule has 1 fully saturated rings. The molecule has 0 radical (unpaired) electrons. The first-order valence-electron chi connectivity index (χ1n) is 17.7. The minimum absolute atomic E-state index is 0.0728. The molecule has 3 heterocycles. The number of rotatable bonds is 10. The Morgan fingerprint density at radius 3 is 1.31 bits per heavy atom. The number of aromatic nitrogens is 1. The van der Waals surface area contributed by atoms with Crippen molar-refractivity contribution in [1.29, 1.82) is 0 Å². The van der Waals surface area contributed by atoms with Crippen LogP contribution in [-0.2, 0) is 43.2 Å². The zero-order valence-electron chi connectivity index (χ0n) is 30.6. The number of sulfonamides is 3. The number of pyridine rings is 1. The van der Waals surface area contributed by atoms with Gasteiger partial charge in [-0.3, -0.25) is 35.3 Å². The van der Waals surface area contributed by atoms with E-state index in [-0.39, 0.29) is 17.8 Å². The van der Waals surface area contributed by atoms with Crippen LogP contribution in [0.4, 0.5) is 22.7 Å². The standard InChI is InChI=1S/C34H37N9O12S3/c44-41(45)29-8-1-4-11-32(29)56(50,51)38-16-7-17-39(57(52,53)33-12-5-2-9-30(33)42(46)47)24-26-22-28(37-18-14-35-15-19-37)23-27(36-26)25-40(21-20-38)58(54,55)34-13-6-3-10-31(34)43(48)49/h1-6,8-13,22-23,35H,7,14-21,24-25H2. The fourth-order valence-corrected chi connectivity index (χ4v) is 11.5. The summed E-state index contributed by atoms with van der Waals surface area (Å²) in [4.78, 5) is 37.9. The molecule has 58 heavy (non-hydrogen) atoms. The van der Waals surface area contributed by atoms with Gasteiger partial charge >= 0.3 is 0 Å². The highest BCUT2D eigenvalue weighted by atomic mass is 32.2. The number of nitro groups is 3. The van der Waals surface area contributed by atoms with Gasteiger partial charge in [0.1, 0.15) is 0 Å². The van der Waals surface area contributed by atoms with Crippen molar-refractivity contribution >= 4 is 52.8 Å². The maximum absolute atomic E-state index is 14.5. The van der Waals surface area contributed by atoms with Crippen molar-refractivity contribution in [2.45, 2.75) is 34.2 Å². The lowest BCUT2D eigenvalue weighted by Crippen LogP contribution is -2.43. The number of nitrogens with zero attached hydrogens (tertiary/aromatic N) is 8. The average Bonchev–Trinajstić information content (AvgIpc) is 3.22. The average molecular weight is 860 g/mol. The Balaban J connectivity index is 1.53. The number of hydrogen-bond acceptors (Lipinski definition) is 15. The summed E-state index contributed by atoms with van der Waals surface area (Å²) in [5.74, 6) is 0. The molecule has 0 amide bonds. The van der Waals surface area contributed by atoms with Gasteiger partial charge in [0.2, 0.25) is 30.1 Å². The van der Waals surface area contributed by atoms with Crippen molar-refractivity contribution < 1.29 is 40.0 Å². The normalized spacial score (nSPS) is 17.1. The van der Waals surface area contributed by atoms with Crippen LogP contribution in [0, 0.1) is 30.3 Å². The summed E-state index contributed by atoms with van der Waals surface area (Å²) in [5, 5.41) is 39.2. The SMILES string of the molecule is O=[N+]([O-])c1ccccc1S(=O)(=O)N1CCCN(S(=O)(=O)c2ccccc2[N+](=O)[O-])Cc2cc(N3CCNCC3)cc(n2)CN(S(=O)(=O)c2ccccc2[N+](=O)[O-])CC1. The summed E-state index contributed by atoms with van der Waals surface area (Å²) in [7, 11) is -14.3. The summed E-state index contributed by atoms with van der Waals surface area (Å²) in [6, 6.07) is 17.1. The van der Waals surface area contributed by atoms with Crippen molar-refractivity contribution in [3.63, 3.8) is 0 Å². The second kappa shape index (κ2) is 17.2. The Morgan fingerprint density at radius 2 is 0.879 bits per heavy atom. The molecule has 4 aromatic rings. The Bertz CT molecular complexity index is 2570. The summed E-state index contributed by atoms with van der Waals surface area (Å²) >= 11 is 0. The molecule has 6 rings (SSSR count). The third-order valence-corrected chi connectivity index (χ3v) is 15.3. The van der Waals surface area contributed by atoms with Crippen molar-refractivity contribution in [3.8, 4) is 0 Å². The fourth-order valence-electron chi connectivity index (χ4n) is 6.72. The van der Waals surface area contributed by atoms with Crippen LogP contribution < -0.4 is 10.2 Å². The van der Waals surface area contributed by atoms with E-state index in [9.17, 15) is 55.6 Å². The zero-order chi connectivity index (χ0) is 41.8. The van der Waals surface area contributed by atoms with Gasteiger partial charge in [-0.2, -0.15) is 12.9 Å². The van der Waals surface area contributed by atoms with Crippen LogP contribution in [0.15, 0.2) is 99.6 Å². The molecule has 0 saturated carbocycles. The van der Waals surface area contributed by atoms with E-state index in [4.69, 9.17) is 0 Å². The van der Waals surface area contributed by atoms with Gasteiger partial charge in [-0.05, 0) is 36.8 Å². The van der Waals surface area contributed by atoms with Crippen LogP contribution in [0.3, 0.4) is 0 Å². The maximum Gasteiger partial charge on any atom is 0.289 e. The lowest BCUT2D eigenvalue weighted by Gasteiger charge is -2.31. The van der Waals surface area contributed by atoms with Crippen LogP contribution >= 0.6 is 0 Å². The van der Waals surface area contributed by atoms with Gasteiger partial charge in [0.15, 0.2) is 14.7 Å². The molecular weight excluding hydrogens is 823 g/mol. The third-order valence-electron chi connectivity index (χ3n) is 9.53. The molecule has 0 unspecified atom stereocenters. The van der Waals surface area contributed by atoms with Gasteiger partial charge in [0, 0.05) is 76.2 Å². The van der Waals surface area contributed by atoms with E-state index < -0.39 is 116 Å². The molecule has 1 N–H and O–H groups in total. The number of piperazine rings is 1. The predicted octanol–water partition coefficient (Wildman–Crippen LogP) is 2.69. The second-order valence-corrected chi connectivity index (χ2v) is 18.9. The third kappa shape index (κ3) is 8.81. The van der Waals surface area contributed by atoms with E-state index in [1.807, 2.05) is 4.90 Å². The molecule has 2 aliphatic rings. The second-order valence-electron chi connectivity index (χ2n) is 13.2. The van der Waals surface area contributed by atoms with Gasteiger partial charge in [0.25, 0.3) is 17.1 Å². The Morgan fingerprint density at radius 1 is 0.517 bits per heavy atom. The largest absolute Gasteiger partial charge is 0.369 e. The Hall–Kier alpha value is -5.50. The Labute approximate surface area is 333 Å². The number of benzene rings is 3. The first-order chi connectivity index (χ1) is 27.5. The first-order valence-corrected chi connectivity index (χ1v) is 22.0. The quantitative estimate of drug-likeness (QED) is 0.177. The number of para-hydroxylation sites is 3. The highest BCUT2D eigenvalue weighted by Crippen LogP contribution is 2.32. The smallest absolute Gasteiger partial charge is 0.289 e. The molecule has 2 aliphatic heterocycles. The van der Waals surface area contributed by atoms with Gasteiger partial charge in [-0.1, -0.05) is 36.4 Å². The minimum atomic E-state index is -4.82. The summed E-state index contributed by atoms with van der Waals surface area (Å²) in [6.07, 6.45) is -0.277. The van der Waals surface area contributed by atoms with Crippen LogP contribution in [0.5, 0.6) is 0 Å². The maximum atomic E-state index is 14.5. The molecular formula is C34H37N9O12S3. The predicted molar refractivity (Wildman–Crippen MR) is 207 cm³/mol. The number of hydrogen-bond donors (Lipinski definition) is 1. The topological polar surface area (TPSA) is 270 Å². The lowest BCUT2D eigenvalue weighted by molar-refractivity contribution is -0.388. The van der Waals surface area contributed by atoms with Crippen LogP contribution in [0.25, 0.3) is 0 Å². The van der Waals surface area contributed by atoms with Crippen molar-refractivity contribution in [2.75, 3.05) is 57.3 Å². The number of fused-ring (bicyclic) bond motifs is 2. The highest BCUT2D eigenvalue weighted by Gasteiger charge is 2.37. The van der Waals surface area contributed by atoms with E-state index in [0.29, 0.717) is 31.9 Å². The van der Waals surface area contributed by atoms with Gasteiger partial charge in [-0.15, -0.1) is 0 Å². The van der Waals surface area contributed by atoms with Crippen molar-refractivity contribution in [2.24, 2.45) is 0 Å². The Kier molecular flexibility index (Phi) is 12.5. The van der Waals surface area contributed by atoms with Gasteiger partial charge in [0.05, 0.1) is 39.2 Å². The van der Waals surface area contributed by atoms with E-state index in [1.54, 1.807) is 12.1 Å². The van der Waals surface area contributed by atoms with Crippen molar-refractivity contribution in [1.82, 2.24) is 23.2 Å². The molecule has 0 atom stereocenters. The number of nitro benzene ring substituents is 3. The molecule has 0 spiro atoms. The lowest BCUT2D eigenvalue weighted by atomic mass is 10.2. The molecule has 24 heteroatoms. The fraction of sp³-hybridized carbons (Fsp3) is 0.324. The number of nitrogens with one attached hydrogen (secondary N) is 1. The van der Waals surface area contributed by atoms with Crippen molar-refractivity contribution in [3.05, 3.63) is 127 Å². The summed E-state index contributed by atoms with van der Waals surface area (Å²) in [5.41, 5.74) is -1.47. The summed E-state index contributed by atoms with van der Waals surface area (Å²) in [6.45, 7) is -1.06. The minimum Gasteiger partial charge on any atom is -0.369 e. The monoisotopic (exact) mass is 859 g/mol. The highest BCUT2D eigenvalue weighted by molar-refractivity contribution is 7.90. The molecule has 1 aromatic heterocycles. The van der Waals surface area contributed by atoms with Crippen LogP contribution in [0.2, 0.25) is 0 Å². The zero-order valence-corrected chi connectivity index (χ0v) is 33.0. The summed E-state index contributed by atoms with van der Waals surface area (Å²) < 4.78 is 88.7. The van der Waals surface area contributed by atoms with E-state index in [0.717, 1.165) is 49.3 Å². The molecule has 2 bridgehead atoms. The molecule has 0 aliphatic carbocycles. The molecule has 3 aromatic carbocycles. The van der Waals surface area contributed by atoms with Crippen LogP contribution in [-0.4, -0.2) is 110 Å². The van der Waals surface area contributed by atoms with E-state index in [2.05, 4.69) is 10.3 Å². The molecule has 308 valence electrons. The molecule has 21 nitrogen and oxygen atoms in total. The van der Waals surface area contributed by atoms with Gasteiger partial charge < -0.3 is 10.2 Å².